The summed E-state index contributed by atoms with van der Waals surface area (Å²) >= 11 is 0. The third-order valence-electron chi connectivity index (χ3n) is 4.51. The summed E-state index contributed by atoms with van der Waals surface area (Å²) in [5, 5.41) is 10.8. The fraction of sp³-hybridized carbons (Fsp3) is 0.400. The summed E-state index contributed by atoms with van der Waals surface area (Å²) in [5.74, 6) is 0.143. The molecule has 0 aliphatic carbocycles. The van der Waals surface area contributed by atoms with E-state index in [9.17, 15) is 4.79 Å². The van der Waals surface area contributed by atoms with E-state index in [1.54, 1.807) is 6.20 Å². The van der Waals surface area contributed by atoms with Gasteiger partial charge in [-0.05, 0) is 37.9 Å². The molecule has 0 saturated heterocycles. The first-order valence-corrected chi connectivity index (χ1v) is 8.88. The SMILES string of the molecule is Cc1ccc(-n2ncc(C(=O)NCC3=CCNCC3)c2C(C)C)cc1.Cl. The normalized spacial score (nSPS) is 13.9. The molecule has 6 heteroatoms. The van der Waals surface area contributed by atoms with Crippen LogP contribution in [0.5, 0.6) is 0 Å². The second-order valence-corrected chi connectivity index (χ2v) is 6.84. The number of carbonyl (C=O) groups is 1. The maximum Gasteiger partial charge on any atom is 0.255 e. The van der Waals surface area contributed by atoms with Gasteiger partial charge in [-0.25, -0.2) is 4.68 Å². The Balaban J connectivity index is 0.00000243. The fourth-order valence-electron chi connectivity index (χ4n) is 3.10. The molecule has 2 aromatic rings. The van der Waals surface area contributed by atoms with Crippen molar-refractivity contribution in [2.75, 3.05) is 19.6 Å². The van der Waals surface area contributed by atoms with Crippen molar-refractivity contribution >= 4 is 18.3 Å². The smallest absolute Gasteiger partial charge is 0.255 e. The van der Waals surface area contributed by atoms with Crippen molar-refractivity contribution in [1.82, 2.24) is 20.4 Å². The Bertz CT molecular complexity index is 778. The van der Waals surface area contributed by atoms with Crippen LogP contribution >= 0.6 is 12.4 Å². The number of amides is 1. The van der Waals surface area contributed by atoms with Gasteiger partial charge in [-0.15, -0.1) is 12.4 Å². The Morgan fingerprint density at radius 3 is 2.65 bits per heavy atom. The van der Waals surface area contributed by atoms with Crippen LogP contribution in [0.3, 0.4) is 0 Å². The van der Waals surface area contributed by atoms with Gasteiger partial charge in [0.15, 0.2) is 0 Å². The minimum atomic E-state index is -0.0542. The highest BCUT2D eigenvalue weighted by atomic mass is 35.5. The van der Waals surface area contributed by atoms with Gasteiger partial charge in [0.25, 0.3) is 5.91 Å². The quantitative estimate of drug-likeness (QED) is 0.789. The molecule has 1 aliphatic heterocycles. The zero-order chi connectivity index (χ0) is 17.8. The van der Waals surface area contributed by atoms with Gasteiger partial charge in [0.05, 0.1) is 23.1 Å². The average Bonchev–Trinajstić information content (AvgIpc) is 3.06. The summed E-state index contributed by atoms with van der Waals surface area (Å²) in [5.41, 5.74) is 5.07. The number of aryl methyl sites for hydroxylation is 1. The van der Waals surface area contributed by atoms with Crippen molar-refractivity contribution in [3.8, 4) is 5.69 Å². The highest BCUT2D eigenvalue weighted by Gasteiger charge is 2.21. The molecule has 0 saturated carbocycles. The minimum absolute atomic E-state index is 0. The van der Waals surface area contributed by atoms with E-state index in [-0.39, 0.29) is 24.2 Å². The summed E-state index contributed by atoms with van der Waals surface area (Å²) in [4.78, 5) is 12.7. The molecule has 0 unspecified atom stereocenters. The van der Waals surface area contributed by atoms with Crippen molar-refractivity contribution in [2.24, 2.45) is 0 Å². The number of rotatable bonds is 5. The van der Waals surface area contributed by atoms with Crippen molar-refractivity contribution in [3.05, 3.63) is 58.9 Å². The molecule has 1 aromatic carbocycles. The van der Waals surface area contributed by atoms with Gasteiger partial charge >= 0.3 is 0 Å². The van der Waals surface area contributed by atoms with Crippen LogP contribution in [0, 0.1) is 6.92 Å². The average molecular weight is 375 g/mol. The summed E-state index contributed by atoms with van der Waals surface area (Å²) in [6, 6.07) is 8.19. The Kier molecular flexibility index (Phi) is 7.00. The van der Waals surface area contributed by atoms with Crippen molar-refractivity contribution in [2.45, 2.75) is 33.1 Å². The molecule has 2 N–H and O–H groups in total. The second-order valence-electron chi connectivity index (χ2n) is 6.84. The molecule has 1 aliphatic rings. The molecule has 140 valence electrons. The van der Waals surface area contributed by atoms with Crippen molar-refractivity contribution in [1.29, 1.82) is 0 Å². The summed E-state index contributed by atoms with van der Waals surface area (Å²) in [6.45, 7) is 8.71. The van der Waals surface area contributed by atoms with E-state index in [4.69, 9.17) is 0 Å². The zero-order valence-electron chi connectivity index (χ0n) is 15.6. The standard InChI is InChI=1S/C20H26N4O.ClH/c1-14(2)19-18(20(25)22-12-16-8-10-21-11-9-16)13-23-24(19)17-6-4-15(3)5-7-17;/h4-8,13-14,21H,9-12H2,1-3H3,(H,22,25);1H. The van der Waals surface area contributed by atoms with Gasteiger partial charge in [0.1, 0.15) is 0 Å². The van der Waals surface area contributed by atoms with Crippen LogP contribution in [0.1, 0.15) is 47.8 Å². The molecular formula is C20H27ClN4O. The predicted octanol–water partition coefficient (Wildman–Crippen LogP) is 3.38. The highest BCUT2D eigenvalue weighted by Crippen LogP contribution is 2.23. The van der Waals surface area contributed by atoms with Crippen LogP contribution in [-0.4, -0.2) is 35.3 Å². The molecule has 0 spiro atoms. The van der Waals surface area contributed by atoms with Crippen LogP contribution in [0.25, 0.3) is 5.69 Å². The third-order valence-corrected chi connectivity index (χ3v) is 4.51. The monoisotopic (exact) mass is 374 g/mol. The largest absolute Gasteiger partial charge is 0.348 e. The molecular weight excluding hydrogens is 348 g/mol. The zero-order valence-corrected chi connectivity index (χ0v) is 16.4. The van der Waals surface area contributed by atoms with E-state index in [1.807, 2.05) is 16.8 Å². The van der Waals surface area contributed by atoms with Gasteiger partial charge in [0.2, 0.25) is 0 Å². The predicted molar refractivity (Wildman–Crippen MR) is 108 cm³/mol. The van der Waals surface area contributed by atoms with Crippen LogP contribution in [0.2, 0.25) is 0 Å². The number of nitrogens with one attached hydrogen (secondary N) is 2. The lowest BCUT2D eigenvalue weighted by molar-refractivity contribution is 0.0955. The van der Waals surface area contributed by atoms with Crippen molar-refractivity contribution in [3.63, 3.8) is 0 Å². The topological polar surface area (TPSA) is 59.0 Å². The maximum absolute atomic E-state index is 12.7. The second kappa shape index (κ2) is 9.01. The number of halogens is 1. The number of nitrogens with zero attached hydrogens (tertiary/aromatic N) is 2. The molecule has 0 atom stereocenters. The number of aromatic nitrogens is 2. The van der Waals surface area contributed by atoms with Gasteiger partial charge in [-0.1, -0.05) is 43.2 Å². The van der Waals surface area contributed by atoms with Crippen LogP contribution in [0.4, 0.5) is 0 Å². The molecule has 1 amide bonds. The lowest BCUT2D eigenvalue weighted by Crippen LogP contribution is -2.30. The molecule has 0 fully saturated rings. The summed E-state index contributed by atoms with van der Waals surface area (Å²) in [6.07, 6.45) is 4.82. The summed E-state index contributed by atoms with van der Waals surface area (Å²) in [7, 11) is 0. The first kappa shape index (κ1) is 20.2. The molecule has 0 radical (unpaired) electrons. The highest BCUT2D eigenvalue weighted by molar-refractivity contribution is 5.95. The number of carbonyl (C=O) groups excluding carboxylic acids is 1. The van der Waals surface area contributed by atoms with Gasteiger partial charge in [-0.3, -0.25) is 4.79 Å². The Hall–Kier alpha value is -2.11. The molecule has 0 bridgehead atoms. The van der Waals surface area contributed by atoms with E-state index >= 15 is 0 Å². The van der Waals surface area contributed by atoms with Gasteiger partial charge < -0.3 is 10.6 Å². The minimum Gasteiger partial charge on any atom is -0.348 e. The van der Waals surface area contributed by atoms with E-state index < -0.39 is 0 Å². The molecule has 26 heavy (non-hydrogen) atoms. The fourth-order valence-corrected chi connectivity index (χ4v) is 3.10. The van der Waals surface area contributed by atoms with Crippen LogP contribution < -0.4 is 10.6 Å². The van der Waals surface area contributed by atoms with Crippen molar-refractivity contribution < 1.29 is 4.79 Å². The Morgan fingerprint density at radius 1 is 1.31 bits per heavy atom. The third kappa shape index (κ3) is 4.54. The maximum atomic E-state index is 12.7. The lowest BCUT2D eigenvalue weighted by atomic mass is 10.0. The Morgan fingerprint density at radius 2 is 2.04 bits per heavy atom. The Labute approximate surface area is 161 Å². The van der Waals surface area contributed by atoms with Crippen LogP contribution in [-0.2, 0) is 0 Å². The molecule has 1 aromatic heterocycles. The van der Waals surface area contributed by atoms with E-state index in [0.29, 0.717) is 12.1 Å². The lowest BCUT2D eigenvalue weighted by Gasteiger charge is -2.16. The first-order valence-electron chi connectivity index (χ1n) is 8.88. The molecule has 3 rings (SSSR count). The summed E-state index contributed by atoms with van der Waals surface area (Å²) < 4.78 is 1.88. The number of hydrogen-bond donors (Lipinski definition) is 2. The van der Waals surface area contributed by atoms with Crippen LogP contribution in [0.15, 0.2) is 42.1 Å². The molecule has 5 nitrogen and oxygen atoms in total. The van der Waals surface area contributed by atoms with E-state index in [0.717, 1.165) is 30.9 Å². The number of benzene rings is 1. The number of hydrogen-bond acceptors (Lipinski definition) is 3. The first-order chi connectivity index (χ1) is 12.1. The van der Waals surface area contributed by atoms with Gasteiger partial charge in [0, 0.05) is 13.1 Å². The van der Waals surface area contributed by atoms with E-state index in [1.165, 1.54) is 11.1 Å². The van der Waals surface area contributed by atoms with E-state index in [2.05, 4.69) is 54.7 Å². The molecule has 2 heterocycles. The van der Waals surface area contributed by atoms with Gasteiger partial charge in [-0.2, -0.15) is 5.10 Å².